The van der Waals surface area contributed by atoms with Crippen molar-refractivity contribution in [3.8, 4) is 11.5 Å². The Kier molecular flexibility index (Phi) is 3.66. The van der Waals surface area contributed by atoms with E-state index in [1.165, 1.54) is 0 Å². The number of aliphatic carboxylic acids is 1. The number of hydrogen-bond acceptors (Lipinski definition) is 4. The van der Waals surface area contributed by atoms with Crippen LogP contribution in [-0.4, -0.2) is 31.0 Å². The first-order valence-electron chi connectivity index (χ1n) is 6.23. The second kappa shape index (κ2) is 5.09. The van der Waals surface area contributed by atoms with Crippen LogP contribution in [0.4, 0.5) is 0 Å². The number of carboxylic acids is 1. The molecule has 1 heterocycles. The number of benzene rings is 1. The van der Waals surface area contributed by atoms with Crippen molar-refractivity contribution < 1.29 is 19.4 Å². The highest BCUT2D eigenvalue weighted by Crippen LogP contribution is 2.38. The molecule has 0 atom stereocenters. The Hall–Kier alpha value is -1.75. The van der Waals surface area contributed by atoms with Gasteiger partial charge < -0.3 is 19.9 Å². The average Bonchev–Trinajstić information content (AvgIpc) is 2.73. The van der Waals surface area contributed by atoms with Crippen LogP contribution in [0.5, 0.6) is 11.5 Å². The van der Waals surface area contributed by atoms with Gasteiger partial charge >= 0.3 is 5.97 Å². The molecule has 0 saturated carbocycles. The molecule has 1 aliphatic heterocycles. The van der Waals surface area contributed by atoms with Crippen molar-refractivity contribution in [2.75, 3.05) is 19.9 Å². The maximum atomic E-state index is 10.5. The monoisotopic (exact) mass is 265 g/mol. The number of carbonyl (C=O) groups is 1. The van der Waals surface area contributed by atoms with Crippen LogP contribution in [0.3, 0.4) is 0 Å². The Morgan fingerprint density at radius 2 is 2.00 bits per heavy atom. The second-order valence-electron chi connectivity index (χ2n) is 5.40. The van der Waals surface area contributed by atoms with E-state index < -0.39 is 5.97 Å². The topological polar surface area (TPSA) is 67.8 Å². The van der Waals surface area contributed by atoms with Gasteiger partial charge in [0, 0.05) is 12.0 Å². The molecule has 0 radical (unpaired) electrons. The Bertz CT molecular complexity index is 496. The quantitative estimate of drug-likeness (QED) is 0.847. The minimum atomic E-state index is -0.849. The maximum Gasteiger partial charge on any atom is 0.317 e. The molecule has 0 amide bonds. The van der Waals surface area contributed by atoms with Crippen molar-refractivity contribution in [3.05, 3.63) is 23.3 Å². The fourth-order valence-corrected chi connectivity index (χ4v) is 2.35. The van der Waals surface area contributed by atoms with Crippen molar-refractivity contribution in [3.63, 3.8) is 0 Å². The molecule has 1 aromatic rings. The van der Waals surface area contributed by atoms with Crippen molar-refractivity contribution >= 4 is 5.97 Å². The van der Waals surface area contributed by atoms with Gasteiger partial charge in [0.15, 0.2) is 11.5 Å². The van der Waals surface area contributed by atoms with E-state index in [1.54, 1.807) is 0 Å². The number of fused-ring (bicyclic) bond motifs is 1. The summed E-state index contributed by atoms with van der Waals surface area (Å²) in [5, 5.41) is 11.6. The maximum absolute atomic E-state index is 10.5. The molecule has 0 aliphatic carbocycles. The van der Waals surface area contributed by atoms with E-state index >= 15 is 0 Å². The molecule has 1 aliphatic rings. The molecule has 1 aromatic carbocycles. The lowest BCUT2D eigenvalue weighted by Crippen LogP contribution is -2.36. The molecule has 5 heteroatoms. The third-order valence-electron chi connectivity index (χ3n) is 3.29. The SMILES string of the molecule is Cc1cc2c(cc1C(C)(C)CNCC(=O)O)OCO2. The zero-order chi connectivity index (χ0) is 14.0. The van der Waals surface area contributed by atoms with Gasteiger partial charge in [0.25, 0.3) is 0 Å². The molecule has 0 aromatic heterocycles. The lowest BCUT2D eigenvalue weighted by Gasteiger charge is -2.27. The van der Waals surface area contributed by atoms with Crippen molar-refractivity contribution in [1.82, 2.24) is 5.32 Å². The van der Waals surface area contributed by atoms with E-state index in [0.29, 0.717) is 6.54 Å². The van der Waals surface area contributed by atoms with E-state index in [9.17, 15) is 4.79 Å². The largest absolute Gasteiger partial charge is 0.480 e. The third kappa shape index (κ3) is 2.98. The van der Waals surface area contributed by atoms with Gasteiger partial charge in [0.1, 0.15) is 0 Å². The zero-order valence-corrected chi connectivity index (χ0v) is 11.4. The normalized spacial score (nSPS) is 13.6. The average molecular weight is 265 g/mol. The molecule has 0 fully saturated rings. The summed E-state index contributed by atoms with van der Waals surface area (Å²) in [6, 6.07) is 3.96. The summed E-state index contributed by atoms with van der Waals surface area (Å²) < 4.78 is 10.7. The summed E-state index contributed by atoms with van der Waals surface area (Å²) in [6.45, 7) is 6.98. The Morgan fingerprint density at radius 3 is 2.63 bits per heavy atom. The second-order valence-corrected chi connectivity index (χ2v) is 5.40. The van der Waals surface area contributed by atoms with Crippen LogP contribution in [0.2, 0.25) is 0 Å². The zero-order valence-electron chi connectivity index (χ0n) is 11.4. The first kappa shape index (κ1) is 13.7. The molecule has 104 valence electrons. The summed E-state index contributed by atoms with van der Waals surface area (Å²) in [5.41, 5.74) is 2.07. The minimum absolute atomic E-state index is 0.0347. The standard InChI is InChI=1S/C14H19NO4/c1-9-4-11-12(19-8-18-11)5-10(9)14(2,3)7-15-6-13(16)17/h4-5,15H,6-8H2,1-3H3,(H,16,17). The number of rotatable bonds is 5. The molecule has 0 unspecified atom stereocenters. The van der Waals surface area contributed by atoms with Crippen molar-refractivity contribution in [2.45, 2.75) is 26.2 Å². The molecule has 0 saturated heterocycles. The van der Waals surface area contributed by atoms with Crippen LogP contribution in [0, 0.1) is 6.92 Å². The van der Waals surface area contributed by atoms with Gasteiger partial charge in [-0.05, 0) is 30.2 Å². The molecule has 0 spiro atoms. The molecule has 0 bridgehead atoms. The summed E-state index contributed by atoms with van der Waals surface area (Å²) >= 11 is 0. The first-order chi connectivity index (χ1) is 8.90. The van der Waals surface area contributed by atoms with Crippen molar-refractivity contribution in [2.24, 2.45) is 0 Å². The summed E-state index contributed by atoms with van der Waals surface area (Å²) in [5.74, 6) is 0.681. The number of nitrogens with one attached hydrogen (secondary N) is 1. The van der Waals surface area contributed by atoms with Gasteiger partial charge in [0.05, 0.1) is 6.54 Å². The molecule has 19 heavy (non-hydrogen) atoms. The Morgan fingerprint density at radius 1 is 1.37 bits per heavy atom. The Balaban J connectivity index is 2.17. The highest BCUT2D eigenvalue weighted by molar-refractivity contribution is 5.69. The number of hydrogen-bond donors (Lipinski definition) is 2. The molecular weight excluding hydrogens is 246 g/mol. The van der Waals surface area contributed by atoms with Gasteiger partial charge in [-0.2, -0.15) is 0 Å². The van der Waals surface area contributed by atoms with Gasteiger partial charge in [-0.3, -0.25) is 4.79 Å². The fraction of sp³-hybridized carbons (Fsp3) is 0.500. The highest BCUT2D eigenvalue weighted by Gasteiger charge is 2.26. The lowest BCUT2D eigenvalue weighted by molar-refractivity contribution is -0.136. The predicted molar refractivity (Wildman–Crippen MR) is 70.8 cm³/mol. The molecule has 2 N–H and O–H groups in total. The van der Waals surface area contributed by atoms with Gasteiger partial charge in [-0.1, -0.05) is 13.8 Å². The third-order valence-corrected chi connectivity index (χ3v) is 3.29. The van der Waals surface area contributed by atoms with Crippen LogP contribution in [0.25, 0.3) is 0 Å². The summed E-state index contributed by atoms with van der Waals surface area (Å²) in [7, 11) is 0. The van der Waals surface area contributed by atoms with Gasteiger partial charge in [-0.25, -0.2) is 0 Å². The molecule has 5 nitrogen and oxygen atoms in total. The van der Waals surface area contributed by atoms with E-state index in [1.807, 2.05) is 19.1 Å². The van der Waals surface area contributed by atoms with Crippen molar-refractivity contribution in [1.29, 1.82) is 0 Å². The molecule has 2 rings (SSSR count). The summed E-state index contributed by atoms with van der Waals surface area (Å²) in [6.07, 6.45) is 0. The van der Waals surface area contributed by atoms with E-state index in [4.69, 9.17) is 14.6 Å². The summed E-state index contributed by atoms with van der Waals surface area (Å²) in [4.78, 5) is 10.5. The minimum Gasteiger partial charge on any atom is -0.480 e. The van der Waals surface area contributed by atoms with Crippen LogP contribution in [-0.2, 0) is 10.2 Å². The van der Waals surface area contributed by atoms with Crippen LogP contribution < -0.4 is 14.8 Å². The van der Waals surface area contributed by atoms with E-state index in [2.05, 4.69) is 19.2 Å². The van der Waals surface area contributed by atoms with Gasteiger partial charge in [0.2, 0.25) is 6.79 Å². The van der Waals surface area contributed by atoms with Crippen LogP contribution in [0.15, 0.2) is 12.1 Å². The first-order valence-corrected chi connectivity index (χ1v) is 6.23. The Labute approximate surface area is 112 Å². The van der Waals surface area contributed by atoms with Gasteiger partial charge in [-0.15, -0.1) is 0 Å². The van der Waals surface area contributed by atoms with E-state index in [0.717, 1.165) is 22.6 Å². The molecular formula is C14H19NO4. The fourth-order valence-electron chi connectivity index (χ4n) is 2.35. The number of ether oxygens (including phenoxy) is 2. The lowest BCUT2D eigenvalue weighted by atomic mass is 9.81. The van der Waals surface area contributed by atoms with E-state index in [-0.39, 0.29) is 18.8 Å². The van der Waals surface area contributed by atoms with Crippen LogP contribution in [0.1, 0.15) is 25.0 Å². The smallest absolute Gasteiger partial charge is 0.317 e. The number of carboxylic acid groups (broad SMARTS) is 1. The highest BCUT2D eigenvalue weighted by atomic mass is 16.7. The predicted octanol–water partition coefficient (Wildman–Crippen LogP) is 1.68. The number of aryl methyl sites for hydroxylation is 1. The van der Waals surface area contributed by atoms with Crippen LogP contribution >= 0.6 is 0 Å².